The summed E-state index contributed by atoms with van der Waals surface area (Å²) < 4.78 is 0. The van der Waals surface area contributed by atoms with E-state index in [4.69, 9.17) is 0 Å². The molecule has 3 atom stereocenters. The first-order chi connectivity index (χ1) is 14.8. The van der Waals surface area contributed by atoms with Gasteiger partial charge in [-0.25, -0.2) is 9.99 Å². The first kappa shape index (κ1) is 21.2. The molecule has 0 spiro atoms. The van der Waals surface area contributed by atoms with Crippen LogP contribution in [0.2, 0.25) is 0 Å². The average Bonchev–Trinajstić information content (AvgIpc) is 3.12. The first-order valence-corrected chi connectivity index (χ1v) is 11.2. The molecule has 162 valence electrons. The van der Waals surface area contributed by atoms with Crippen LogP contribution < -0.4 is 10.4 Å². The molecule has 0 saturated carbocycles. The van der Waals surface area contributed by atoms with Crippen molar-refractivity contribution >= 4 is 34.7 Å². The molecule has 1 aromatic carbocycles. The quantitative estimate of drug-likeness (QED) is 0.740. The lowest BCUT2D eigenvalue weighted by Crippen LogP contribution is -2.59. The fraction of sp³-hybridized carbons (Fsp3) is 0.391. The largest absolute Gasteiger partial charge is 0.334 e. The van der Waals surface area contributed by atoms with Crippen molar-refractivity contribution in [2.24, 2.45) is 11.8 Å². The summed E-state index contributed by atoms with van der Waals surface area (Å²) >= 11 is 1.59. The van der Waals surface area contributed by atoms with Gasteiger partial charge in [0, 0.05) is 17.5 Å². The lowest BCUT2D eigenvalue weighted by atomic mass is 9.80. The fourth-order valence-corrected chi connectivity index (χ4v) is 5.27. The van der Waals surface area contributed by atoms with Crippen molar-refractivity contribution in [3.63, 3.8) is 0 Å². The molecule has 1 aromatic heterocycles. The van der Waals surface area contributed by atoms with Crippen LogP contribution in [0.5, 0.6) is 0 Å². The zero-order valence-electron chi connectivity index (χ0n) is 18.1. The summed E-state index contributed by atoms with van der Waals surface area (Å²) in [6.07, 6.45) is 5.04. The van der Waals surface area contributed by atoms with Gasteiger partial charge in [-0.2, -0.15) is 0 Å². The highest BCUT2D eigenvalue weighted by Crippen LogP contribution is 2.33. The minimum Gasteiger partial charge on any atom is -0.334 e. The van der Waals surface area contributed by atoms with E-state index in [1.54, 1.807) is 47.5 Å². The van der Waals surface area contributed by atoms with Crippen LogP contribution in [0.1, 0.15) is 51.7 Å². The van der Waals surface area contributed by atoms with Gasteiger partial charge < -0.3 is 4.90 Å². The lowest BCUT2D eigenvalue weighted by Gasteiger charge is -2.38. The van der Waals surface area contributed by atoms with Crippen LogP contribution in [0, 0.1) is 25.7 Å². The lowest BCUT2D eigenvalue weighted by molar-refractivity contribution is -0.139. The molecule has 1 aliphatic heterocycles. The van der Waals surface area contributed by atoms with Crippen LogP contribution in [0.25, 0.3) is 0 Å². The second-order valence-electron chi connectivity index (χ2n) is 8.13. The van der Waals surface area contributed by atoms with Gasteiger partial charge >= 0.3 is 0 Å². The molecule has 2 aliphatic rings. The molecule has 3 amide bonds. The number of hydrogen-bond donors (Lipinski definition) is 1. The van der Waals surface area contributed by atoms with Crippen molar-refractivity contribution in [3.8, 4) is 0 Å². The third-order valence-corrected chi connectivity index (χ3v) is 7.34. The molecule has 1 saturated heterocycles. The van der Waals surface area contributed by atoms with E-state index in [1.165, 1.54) is 5.01 Å². The SMILES string of the molecule is Cc1nc(C)c(C(C)N(C)C(=O)c2cccc(N3NC(=O)C4CC=CCC4C3=O)c2)s1. The second-order valence-corrected chi connectivity index (χ2v) is 9.37. The van der Waals surface area contributed by atoms with Crippen molar-refractivity contribution in [1.29, 1.82) is 0 Å². The third-order valence-electron chi connectivity index (χ3n) is 6.10. The first-order valence-electron chi connectivity index (χ1n) is 10.4. The highest BCUT2D eigenvalue weighted by Gasteiger charge is 2.42. The summed E-state index contributed by atoms with van der Waals surface area (Å²) in [4.78, 5) is 46.0. The van der Waals surface area contributed by atoms with E-state index in [0.29, 0.717) is 24.1 Å². The highest BCUT2D eigenvalue weighted by molar-refractivity contribution is 7.11. The normalized spacial score (nSPS) is 21.5. The summed E-state index contributed by atoms with van der Waals surface area (Å²) in [6, 6.07) is 6.72. The zero-order chi connectivity index (χ0) is 22.3. The van der Waals surface area contributed by atoms with E-state index in [9.17, 15) is 14.4 Å². The Hall–Kier alpha value is -3.00. The molecule has 1 fully saturated rings. The molecule has 7 nitrogen and oxygen atoms in total. The molecule has 0 radical (unpaired) electrons. The summed E-state index contributed by atoms with van der Waals surface area (Å²) in [6.45, 7) is 5.88. The summed E-state index contributed by atoms with van der Waals surface area (Å²) in [7, 11) is 1.76. The molecule has 1 aliphatic carbocycles. The van der Waals surface area contributed by atoms with Gasteiger partial charge in [-0.15, -0.1) is 11.3 Å². The number of carbonyl (C=O) groups excluding carboxylic acids is 3. The number of aromatic nitrogens is 1. The number of rotatable bonds is 4. The van der Waals surface area contributed by atoms with E-state index in [2.05, 4.69) is 10.4 Å². The van der Waals surface area contributed by atoms with E-state index >= 15 is 0 Å². The average molecular weight is 439 g/mol. The highest BCUT2D eigenvalue weighted by atomic mass is 32.1. The number of nitrogens with zero attached hydrogens (tertiary/aromatic N) is 3. The van der Waals surface area contributed by atoms with E-state index in [-0.39, 0.29) is 35.6 Å². The predicted octanol–water partition coefficient (Wildman–Crippen LogP) is 3.55. The van der Waals surface area contributed by atoms with E-state index < -0.39 is 0 Å². The van der Waals surface area contributed by atoms with Crippen LogP contribution in [-0.4, -0.2) is 34.7 Å². The van der Waals surface area contributed by atoms with Crippen molar-refractivity contribution in [1.82, 2.24) is 15.3 Å². The number of benzene rings is 1. The number of hydrazine groups is 1. The molecular formula is C23H26N4O3S. The molecular weight excluding hydrogens is 412 g/mol. The number of hydrogen-bond acceptors (Lipinski definition) is 5. The number of thiazole rings is 1. The Labute approximate surface area is 185 Å². The minimum absolute atomic E-state index is 0.131. The van der Waals surface area contributed by atoms with Crippen LogP contribution in [0.4, 0.5) is 5.69 Å². The second kappa shape index (κ2) is 8.26. The molecule has 4 rings (SSSR count). The number of carbonyl (C=O) groups is 3. The number of aryl methyl sites for hydroxylation is 2. The molecule has 0 bridgehead atoms. The van der Waals surface area contributed by atoms with Crippen LogP contribution in [0.15, 0.2) is 36.4 Å². The molecule has 2 heterocycles. The van der Waals surface area contributed by atoms with Crippen molar-refractivity contribution in [2.45, 2.75) is 39.7 Å². The zero-order valence-corrected chi connectivity index (χ0v) is 18.9. The monoisotopic (exact) mass is 438 g/mol. The van der Waals surface area contributed by atoms with Crippen molar-refractivity contribution in [2.75, 3.05) is 12.1 Å². The van der Waals surface area contributed by atoms with Gasteiger partial charge in [-0.3, -0.25) is 19.8 Å². The molecule has 2 aromatic rings. The minimum atomic E-state index is -0.363. The number of anilines is 1. The van der Waals surface area contributed by atoms with Crippen LogP contribution in [-0.2, 0) is 9.59 Å². The van der Waals surface area contributed by atoms with Gasteiger partial charge in [-0.1, -0.05) is 18.2 Å². The number of nitrogens with one attached hydrogen (secondary N) is 1. The van der Waals surface area contributed by atoms with E-state index in [1.807, 2.05) is 32.9 Å². The maximum absolute atomic E-state index is 13.2. The smallest absolute Gasteiger partial charge is 0.254 e. The summed E-state index contributed by atoms with van der Waals surface area (Å²) in [5.41, 5.74) is 4.59. The summed E-state index contributed by atoms with van der Waals surface area (Å²) in [5.74, 6) is -1.15. The van der Waals surface area contributed by atoms with Gasteiger partial charge in [0.25, 0.3) is 5.91 Å². The summed E-state index contributed by atoms with van der Waals surface area (Å²) in [5, 5.41) is 2.26. The Kier molecular flexibility index (Phi) is 5.66. The van der Waals surface area contributed by atoms with Gasteiger partial charge in [0.2, 0.25) is 11.8 Å². The molecule has 8 heteroatoms. The Bertz CT molecular complexity index is 1080. The standard InChI is InChI=1S/C23H26N4O3S/c1-13-20(31-15(3)24-13)14(2)26(4)22(29)16-8-7-9-17(12-16)27-23(30)19-11-6-5-10-18(19)21(28)25-27/h5-9,12,14,18-19H,10-11H2,1-4H3,(H,25,28). The maximum atomic E-state index is 13.2. The van der Waals surface area contributed by atoms with Gasteiger partial charge in [0.15, 0.2) is 0 Å². The predicted molar refractivity (Wildman–Crippen MR) is 120 cm³/mol. The molecule has 31 heavy (non-hydrogen) atoms. The molecule has 1 N–H and O–H groups in total. The third kappa shape index (κ3) is 3.87. The topological polar surface area (TPSA) is 82.6 Å². The van der Waals surface area contributed by atoms with Crippen molar-refractivity contribution in [3.05, 3.63) is 57.6 Å². The van der Waals surface area contributed by atoms with Crippen LogP contribution in [0.3, 0.4) is 0 Å². The Morgan fingerprint density at radius 2 is 1.94 bits per heavy atom. The fourth-order valence-electron chi connectivity index (χ4n) is 4.25. The Morgan fingerprint density at radius 1 is 1.23 bits per heavy atom. The number of allylic oxidation sites excluding steroid dienone is 2. The van der Waals surface area contributed by atoms with E-state index in [0.717, 1.165) is 15.6 Å². The van der Waals surface area contributed by atoms with Gasteiger partial charge in [0.05, 0.1) is 34.3 Å². The van der Waals surface area contributed by atoms with Crippen molar-refractivity contribution < 1.29 is 14.4 Å². The number of amides is 3. The van der Waals surface area contributed by atoms with Gasteiger partial charge in [-0.05, 0) is 51.8 Å². The van der Waals surface area contributed by atoms with Gasteiger partial charge in [0.1, 0.15) is 0 Å². The molecule has 3 unspecified atom stereocenters. The Morgan fingerprint density at radius 3 is 2.61 bits per heavy atom. The number of fused-ring (bicyclic) bond motifs is 1. The maximum Gasteiger partial charge on any atom is 0.254 e. The van der Waals surface area contributed by atoms with Crippen LogP contribution >= 0.6 is 11.3 Å². The Balaban J connectivity index is 1.57.